The minimum absolute atomic E-state index is 0.116. The zero-order chi connectivity index (χ0) is 25.9. The van der Waals surface area contributed by atoms with Gasteiger partial charge in [0.2, 0.25) is 0 Å². The summed E-state index contributed by atoms with van der Waals surface area (Å²) in [7, 11) is 3.64. The van der Waals surface area contributed by atoms with E-state index in [0.717, 1.165) is 0 Å². The lowest BCUT2D eigenvalue weighted by Crippen LogP contribution is -2.31. The minimum Gasteiger partial charge on any atom is -0.443 e. The van der Waals surface area contributed by atoms with Crippen molar-refractivity contribution in [1.29, 1.82) is 0 Å². The quantitative estimate of drug-likeness (QED) is 0.292. The Morgan fingerprint density at radius 1 is 1.11 bits per heavy atom. The van der Waals surface area contributed by atoms with Gasteiger partial charge in [-0.05, 0) is 36.6 Å². The van der Waals surface area contributed by atoms with Gasteiger partial charge in [0.1, 0.15) is 6.61 Å². The number of rotatable bonds is 7. The Morgan fingerprint density at radius 2 is 1.72 bits per heavy atom. The van der Waals surface area contributed by atoms with E-state index >= 15 is 0 Å². The summed E-state index contributed by atoms with van der Waals surface area (Å²) < 4.78 is 18.2. The molecule has 0 aliphatic carbocycles. The highest BCUT2D eigenvalue weighted by Crippen LogP contribution is 2.26. The van der Waals surface area contributed by atoms with Crippen molar-refractivity contribution < 1.29 is 19.0 Å². The molecule has 1 fully saturated rings. The maximum absolute atomic E-state index is 13.0. The number of hydrogen-bond donors (Lipinski definition) is 1. The summed E-state index contributed by atoms with van der Waals surface area (Å²) in [5.74, 6) is 0.293. The largest absolute Gasteiger partial charge is 0.443 e. The third-order valence-electron chi connectivity index (χ3n) is 4.83. The first-order chi connectivity index (χ1) is 17.5. The summed E-state index contributed by atoms with van der Waals surface area (Å²) in [4.78, 5) is 36.6. The van der Waals surface area contributed by atoms with Crippen molar-refractivity contribution in [2.45, 2.75) is 12.5 Å². The predicted molar refractivity (Wildman–Crippen MR) is 141 cm³/mol. The Bertz CT molecular complexity index is 1150. The second-order valence-corrected chi connectivity index (χ2v) is 7.62. The number of carbonyl (C=O) groups is 1. The Balaban J connectivity index is 0.00000176. The number of ether oxygens (including phenoxy) is 3. The van der Waals surface area contributed by atoms with Gasteiger partial charge in [0.05, 0.1) is 24.3 Å². The van der Waals surface area contributed by atoms with Crippen LogP contribution in [0.5, 0.6) is 0 Å². The number of para-hydroxylation sites is 2. The topological polar surface area (TPSA) is 98.5 Å². The van der Waals surface area contributed by atoms with Gasteiger partial charge in [0.25, 0.3) is 0 Å². The van der Waals surface area contributed by atoms with E-state index in [-0.39, 0.29) is 13.2 Å². The maximum Gasteiger partial charge on any atom is 0.419 e. The van der Waals surface area contributed by atoms with Crippen molar-refractivity contribution in [3.8, 4) is 0 Å². The normalized spacial score (nSPS) is 16.8. The minimum atomic E-state index is -0.819. The molecule has 190 valence electrons. The van der Waals surface area contributed by atoms with Crippen LogP contribution in [0.4, 0.5) is 22.0 Å². The van der Waals surface area contributed by atoms with Crippen LogP contribution in [0.25, 0.3) is 0 Å². The van der Waals surface area contributed by atoms with Gasteiger partial charge in [-0.25, -0.2) is 19.5 Å². The maximum atomic E-state index is 13.0. The number of amides is 1. The SMILES string of the molecule is CN(C)C=Nc1ccn([C@@H]2CO[C@H](COC(=O)N(c3ccccc3)c3ccccc3)O2)c(=O)n1.CS. The molecule has 0 N–H and O–H groups in total. The first-order valence-electron chi connectivity index (χ1n) is 11.1. The van der Waals surface area contributed by atoms with Crippen LogP contribution in [0.2, 0.25) is 0 Å². The number of hydrogen-bond acceptors (Lipinski definition) is 8. The van der Waals surface area contributed by atoms with Crippen LogP contribution in [0.3, 0.4) is 0 Å². The predicted octanol–water partition coefficient (Wildman–Crippen LogP) is 3.86. The van der Waals surface area contributed by atoms with Gasteiger partial charge in [-0.1, -0.05) is 36.4 Å². The fraction of sp³-hybridized carbons (Fsp3) is 0.280. The van der Waals surface area contributed by atoms with E-state index in [9.17, 15) is 9.59 Å². The molecule has 2 heterocycles. The lowest BCUT2D eigenvalue weighted by molar-refractivity contribution is -0.100. The highest BCUT2D eigenvalue weighted by Gasteiger charge is 2.30. The molecule has 0 saturated carbocycles. The molecule has 0 spiro atoms. The van der Waals surface area contributed by atoms with Gasteiger partial charge < -0.3 is 19.1 Å². The van der Waals surface area contributed by atoms with Crippen LogP contribution in [-0.4, -0.2) is 66.7 Å². The Labute approximate surface area is 215 Å². The molecule has 3 aromatic rings. The Hall–Kier alpha value is -3.67. The molecule has 11 heteroatoms. The molecule has 1 saturated heterocycles. The van der Waals surface area contributed by atoms with Gasteiger partial charge in [0, 0.05) is 20.3 Å². The molecule has 4 rings (SSSR count). The number of thiol groups is 1. The molecular weight excluding hydrogens is 482 g/mol. The average molecular weight is 512 g/mol. The van der Waals surface area contributed by atoms with E-state index in [1.54, 1.807) is 29.8 Å². The fourth-order valence-corrected chi connectivity index (χ4v) is 3.26. The van der Waals surface area contributed by atoms with Crippen LogP contribution in [0.1, 0.15) is 6.23 Å². The monoisotopic (exact) mass is 511 g/mol. The summed E-state index contributed by atoms with van der Waals surface area (Å²) >= 11 is 3.53. The third kappa shape index (κ3) is 7.17. The van der Waals surface area contributed by atoms with Crippen molar-refractivity contribution >= 4 is 42.3 Å². The molecule has 2 atom stereocenters. The van der Waals surface area contributed by atoms with Gasteiger partial charge >= 0.3 is 11.8 Å². The van der Waals surface area contributed by atoms with Crippen molar-refractivity contribution in [2.75, 3.05) is 38.5 Å². The van der Waals surface area contributed by atoms with E-state index in [4.69, 9.17) is 14.2 Å². The molecule has 1 amide bonds. The summed E-state index contributed by atoms with van der Waals surface area (Å²) in [6.45, 7) is -0.0237. The highest BCUT2D eigenvalue weighted by atomic mass is 32.1. The molecule has 0 radical (unpaired) electrons. The summed E-state index contributed by atoms with van der Waals surface area (Å²) in [6, 6.07) is 20.0. The van der Waals surface area contributed by atoms with E-state index in [2.05, 4.69) is 22.6 Å². The first kappa shape index (κ1) is 26.9. The Morgan fingerprint density at radius 3 is 2.28 bits per heavy atom. The van der Waals surface area contributed by atoms with Gasteiger partial charge in [-0.3, -0.25) is 4.57 Å². The zero-order valence-corrected chi connectivity index (χ0v) is 21.2. The molecule has 0 bridgehead atoms. The van der Waals surface area contributed by atoms with E-state index in [0.29, 0.717) is 17.2 Å². The first-order valence-corrected chi connectivity index (χ1v) is 12.0. The van der Waals surface area contributed by atoms with Crippen molar-refractivity contribution in [3.63, 3.8) is 0 Å². The molecule has 0 unspecified atom stereocenters. The summed E-state index contributed by atoms with van der Waals surface area (Å²) in [6.07, 6.45) is 2.72. The second kappa shape index (κ2) is 13.4. The number of nitrogens with zero attached hydrogens (tertiary/aromatic N) is 5. The molecule has 2 aromatic carbocycles. The lowest BCUT2D eigenvalue weighted by atomic mass is 10.2. The van der Waals surface area contributed by atoms with Crippen molar-refractivity contribution in [3.05, 3.63) is 83.4 Å². The molecule has 1 aliphatic heterocycles. The van der Waals surface area contributed by atoms with Crippen LogP contribution in [0.15, 0.2) is 82.7 Å². The summed E-state index contributed by atoms with van der Waals surface area (Å²) in [5.41, 5.74) is 0.818. The number of carbonyl (C=O) groups excluding carboxylic acids is 1. The standard InChI is InChI=1S/C24H25N5O5.CH4S/c1-27(2)17-25-20-13-14-28(23(30)26-20)21-15-32-22(34-21)16-33-24(31)29(18-9-5-3-6-10-18)19-11-7-4-8-12-19;1-2/h3-14,17,21-22H,15-16H2,1-2H3;2H,1H3/t21-,22-;/m0./s1. The molecule has 1 aliphatic rings. The smallest absolute Gasteiger partial charge is 0.419 e. The second-order valence-electron chi connectivity index (χ2n) is 7.62. The number of aromatic nitrogens is 2. The van der Waals surface area contributed by atoms with Crippen LogP contribution >= 0.6 is 12.6 Å². The average Bonchev–Trinajstić information content (AvgIpc) is 3.38. The number of anilines is 2. The lowest BCUT2D eigenvalue weighted by Gasteiger charge is -2.23. The Kier molecular flexibility index (Phi) is 10.0. The van der Waals surface area contributed by atoms with Gasteiger partial charge in [0.15, 0.2) is 18.3 Å². The number of benzene rings is 2. The highest BCUT2D eigenvalue weighted by molar-refractivity contribution is 7.79. The van der Waals surface area contributed by atoms with Crippen molar-refractivity contribution in [2.24, 2.45) is 4.99 Å². The molecular formula is C25H29N5O5S. The van der Waals surface area contributed by atoms with Gasteiger partial charge in [-0.15, -0.1) is 0 Å². The van der Waals surface area contributed by atoms with E-state index in [1.165, 1.54) is 9.47 Å². The van der Waals surface area contributed by atoms with Gasteiger partial charge in [-0.2, -0.15) is 17.6 Å². The van der Waals surface area contributed by atoms with Crippen LogP contribution in [0, 0.1) is 0 Å². The van der Waals surface area contributed by atoms with E-state index < -0.39 is 24.3 Å². The summed E-state index contributed by atoms with van der Waals surface area (Å²) in [5, 5.41) is 0. The zero-order valence-electron chi connectivity index (χ0n) is 20.3. The van der Waals surface area contributed by atoms with E-state index in [1.807, 2.05) is 74.8 Å². The van der Waals surface area contributed by atoms with Crippen LogP contribution < -0.4 is 10.6 Å². The fourth-order valence-electron chi connectivity index (χ4n) is 3.26. The molecule has 1 aromatic heterocycles. The van der Waals surface area contributed by atoms with Crippen LogP contribution in [-0.2, 0) is 14.2 Å². The van der Waals surface area contributed by atoms with Crippen molar-refractivity contribution in [1.82, 2.24) is 14.5 Å². The molecule has 36 heavy (non-hydrogen) atoms. The molecule has 10 nitrogen and oxygen atoms in total. The number of aliphatic imine (C=N–C) groups is 1. The third-order valence-corrected chi connectivity index (χ3v) is 4.83.